The summed E-state index contributed by atoms with van der Waals surface area (Å²) in [5, 5.41) is 19.9. The summed E-state index contributed by atoms with van der Waals surface area (Å²) in [5.41, 5.74) is -0.789. The van der Waals surface area contributed by atoms with Crippen LogP contribution in [0, 0.1) is 11.8 Å². The Morgan fingerprint density at radius 1 is 1.07 bits per heavy atom. The summed E-state index contributed by atoms with van der Waals surface area (Å²) in [6.07, 6.45) is 8.59. The number of carboxylic acids is 1. The van der Waals surface area contributed by atoms with Crippen LogP contribution in [0.3, 0.4) is 0 Å². The van der Waals surface area contributed by atoms with Gasteiger partial charge in [0.2, 0.25) is 0 Å². The zero-order valence-corrected chi connectivity index (χ0v) is 25.0. The molecule has 8 nitrogen and oxygen atoms in total. The number of alkyl halides is 3. The summed E-state index contributed by atoms with van der Waals surface area (Å²) in [5.74, 6) is -1.09. The van der Waals surface area contributed by atoms with E-state index in [2.05, 4.69) is 0 Å². The number of hydrogen-bond donors (Lipinski definition) is 2. The fourth-order valence-electron chi connectivity index (χ4n) is 5.93. The minimum Gasteiger partial charge on any atom is -0.491 e. The molecule has 0 spiro atoms. The SMILES string of the molecule is O=C(O)CCC/C=C\C[C@@H]1[C@@H](/C=C/[C@H](COc2cccc(C(F)(F)F)c2)OC2CCCCO2)[C@H](OC2CCCCO2)C[C@@H]1O. The van der Waals surface area contributed by atoms with E-state index in [0.29, 0.717) is 45.3 Å². The molecule has 0 amide bonds. The molecule has 0 radical (unpaired) electrons. The number of aliphatic carboxylic acids is 1. The standard InChI is InChI=1S/C33H45F3O8/c34-33(35,36)23-10-9-11-24(20-23)42-22-25(43-31-14-5-7-18-40-31)16-17-27-26(12-3-1-2-4-13-30(38)39)28(37)21-29(27)44-32-15-6-8-19-41-32/h1,3,9-11,16-17,20,25-29,31-32,37H,2,4-8,12-15,18-19,21-22H2,(H,38,39)/b3-1-,17-16+/t25-,26-,27-,28+,29-,31?,32?/m1/s1. The number of carbonyl (C=O) groups is 1. The van der Waals surface area contributed by atoms with Crippen molar-refractivity contribution in [3.05, 3.63) is 54.1 Å². The average molecular weight is 627 g/mol. The van der Waals surface area contributed by atoms with Gasteiger partial charge < -0.3 is 33.9 Å². The van der Waals surface area contributed by atoms with Crippen LogP contribution >= 0.6 is 0 Å². The summed E-state index contributed by atoms with van der Waals surface area (Å²) in [6, 6.07) is 4.76. The molecule has 2 unspecified atom stereocenters. The zero-order valence-electron chi connectivity index (χ0n) is 25.0. The Balaban J connectivity index is 1.48. The quantitative estimate of drug-likeness (QED) is 0.165. The molecular weight excluding hydrogens is 581 g/mol. The maximum atomic E-state index is 13.2. The Morgan fingerprint density at radius 3 is 2.50 bits per heavy atom. The second-order valence-electron chi connectivity index (χ2n) is 11.7. The monoisotopic (exact) mass is 626 g/mol. The van der Waals surface area contributed by atoms with Crippen molar-refractivity contribution < 1.29 is 51.9 Å². The lowest BCUT2D eigenvalue weighted by molar-refractivity contribution is -0.193. The third kappa shape index (κ3) is 11.2. The molecule has 0 aromatic heterocycles. The lowest BCUT2D eigenvalue weighted by Crippen LogP contribution is -2.32. The van der Waals surface area contributed by atoms with E-state index in [4.69, 9.17) is 28.8 Å². The largest absolute Gasteiger partial charge is 0.491 e. The van der Waals surface area contributed by atoms with Gasteiger partial charge in [-0.05, 0) is 81.9 Å². The van der Waals surface area contributed by atoms with Crippen LogP contribution in [0.2, 0.25) is 0 Å². The smallest absolute Gasteiger partial charge is 0.416 e. The third-order valence-electron chi connectivity index (χ3n) is 8.28. The molecule has 2 heterocycles. The first-order valence-corrected chi connectivity index (χ1v) is 15.8. The third-order valence-corrected chi connectivity index (χ3v) is 8.28. The molecule has 3 fully saturated rings. The highest BCUT2D eigenvalue weighted by atomic mass is 19.4. The highest BCUT2D eigenvalue weighted by Gasteiger charge is 2.42. The predicted octanol–water partition coefficient (Wildman–Crippen LogP) is 6.66. The predicted molar refractivity (Wildman–Crippen MR) is 156 cm³/mol. The van der Waals surface area contributed by atoms with Gasteiger partial charge in [-0.2, -0.15) is 13.2 Å². The molecule has 2 aliphatic heterocycles. The number of ether oxygens (including phenoxy) is 5. The minimum absolute atomic E-state index is 0.0294. The van der Waals surface area contributed by atoms with E-state index >= 15 is 0 Å². The molecule has 44 heavy (non-hydrogen) atoms. The van der Waals surface area contributed by atoms with E-state index in [0.717, 1.165) is 44.2 Å². The summed E-state index contributed by atoms with van der Waals surface area (Å²) >= 11 is 0. The fraction of sp³-hybridized carbons (Fsp3) is 0.667. The van der Waals surface area contributed by atoms with Gasteiger partial charge in [0.1, 0.15) is 18.5 Å². The van der Waals surface area contributed by atoms with Crippen LogP contribution in [-0.4, -0.2) is 66.9 Å². The van der Waals surface area contributed by atoms with Crippen LogP contribution < -0.4 is 4.74 Å². The van der Waals surface area contributed by atoms with Crippen LogP contribution in [-0.2, 0) is 29.9 Å². The fourth-order valence-corrected chi connectivity index (χ4v) is 5.93. The number of halogens is 3. The average Bonchev–Trinajstić information content (AvgIpc) is 3.29. The number of benzene rings is 1. The second-order valence-corrected chi connectivity index (χ2v) is 11.7. The van der Waals surface area contributed by atoms with E-state index in [1.165, 1.54) is 12.1 Å². The molecule has 1 saturated carbocycles. The van der Waals surface area contributed by atoms with Crippen molar-refractivity contribution in [2.24, 2.45) is 11.8 Å². The van der Waals surface area contributed by atoms with Crippen LogP contribution in [0.1, 0.15) is 76.2 Å². The van der Waals surface area contributed by atoms with Gasteiger partial charge in [0.15, 0.2) is 12.6 Å². The molecule has 7 atom stereocenters. The van der Waals surface area contributed by atoms with Crippen molar-refractivity contribution in [3.8, 4) is 5.75 Å². The summed E-state index contributed by atoms with van der Waals surface area (Å²) in [4.78, 5) is 10.8. The van der Waals surface area contributed by atoms with Crippen LogP contribution in [0.25, 0.3) is 0 Å². The van der Waals surface area contributed by atoms with Crippen molar-refractivity contribution in [3.63, 3.8) is 0 Å². The van der Waals surface area contributed by atoms with E-state index in [9.17, 15) is 23.1 Å². The van der Waals surface area contributed by atoms with E-state index < -0.39 is 36.2 Å². The van der Waals surface area contributed by atoms with E-state index in [-0.39, 0.29) is 43.0 Å². The Hall–Kier alpha value is -2.44. The van der Waals surface area contributed by atoms with Crippen LogP contribution in [0.4, 0.5) is 13.2 Å². The van der Waals surface area contributed by atoms with Gasteiger partial charge in [-0.15, -0.1) is 0 Å². The molecule has 246 valence electrons. The van der Waals surface area contributed by atoms with Crippen molar-refractivity contribution in [1.82, 2.24) is 0 Å². The number of unbranched alkanes of at least 4 members (excludes halogenated alkanes) is 1. The van der Waals surface area contributed by atoms with Gasteiger partial charge in [-0.1, -0.05) is 30.4 Å². The van der Waals surface area contributed by atoms with Crippen LogP contribution in [0.15, 0.2) is 48.6 Å². The highest BCUT2D eigenvalue weighted by Crippen LogP contribution is 2.40. The molecule has 1 aromatic rings. The van der Waals surface area contributed by atoms with Crippen molar-refractivity contribution in [2.45, 2.75) is 108 Å². The van der Waals surface area contributed by atoms with E-state index in [1.54, 1.807) is 0 Å². The number of rotatable bonds is 15. The van der Waals surface area contributed by atoms with Crippen molar-refractivity contribution in [1.29, 1.82) is 0 Å². The van der Waals surface area contributed by atoms with Gasteiger partial charge in [-0.3, -0.25) is 4.79 Å². The van der Waals surface area contributed by atoms with Crippen molar-refractivity contribution >= 4 is 5.97 Å². The first kappa shape index (κ1) is 34.4. The van der Waals surface area contributed by atoms with Crippen LogP contribution in [0.5, 0.6) is 5.75 Å². The lowest BCUT2D eigenvalue weighted by Gasteiger charge is -2.30. The van der Waals surface area contributed by atoms with Gasteiger partial charge in [-0.25, -0.2) is 0 Å². The molecule has 1 aromatic carbocycles. The Morgan fingerprint density at radius 2 is 1.82 bits per heavy atom. The topological polar surface area (TPSA) is 104 Å². The molecule has 1 aliphatic carbocycles. The van der Waals surface area contributed by atoms with Gasteiger partial charge in [0.05, 0.1) is 17.8 Å². The first-order valence-electron chi connectivity index (χ1n) is 15.8. The molecule has 0 bridgehead atoms. The minimum atomic E-state index is -4.48. The van der Waals surface area contributed by atoms with Gasteiger partial charge in [0, 0.05) is 32.0 Å². The molecule has 2 saturated heterocycles. The molecule has 4 rings (SSSR count). The summed E-state index contributed by atoms with van der Waals surface area (Å²) in [6.45, 7) is 1.17. The van der Waals surface area contributed by atoms with Gasteiger partial charge >= 0.3 is 12.1 Å². The number of aliphatic hydroxyl groups is 1. The number of carboxylic acid groups (broad SMARTS) is 1. The Bertz CT molecular complexity index is 1070. The number of aliphatic hydroxyl groups excluding tert-OH is 1. The Labute approximate surface area is 257 Å². The molecule has 3 aliphatic rings. The summed E-state index contributed by atoms with van der Waals surface area (Å²) < 4.78 is 69.7. The number of hydrogen-bond acceptors (Lipinski definition) is 7. The molecule has 2 N–H and O–H groups in total. The summed E-state index contributed by atoms with van der Waals surface area (Å²) in [7, 11) is 0. The maximum Gasteiger partial charge on any atom is 0.416 e. The lowest BCUT2D eigenvalue weighted by atomic mass is 9.89. The second kappa shape index (κ2) is 17.3. The van der Waals surface area contributed by atoms with Crippen molar-refractivity contribution in [2.75, 3.05) is 19.8 Å². The van der Waals surface area contributed by atoms with Gasteiger partial charge in [0.25, 0.3) is 0 Å². The van der Waals surface area contributed by atoms with E-state index in [1.807, 2.05) is 24.3 Å². The number of allylic oxidation sites excluding steroid dienone is 2. The molecular formula is C33H45F3O8. The first-order chi connectivity index (χ1) is 21.2. The Kier molecular flexibility index (Phi) is 13.5. The normalized spacial score (nSPS) is 28.9. The zero-order chi connectivity index (χ0) is 31.4. The highest BCUT2D eigenvalue weighted by molar-refractivity contribution is 5.66. The maximum absolute atomic E-state index is 13.2. The molecule has 11 heteroatoms.